The highest BCUT2D eigenvalue weighted by Gasteiger charge is 2.13. The van der Waals surface area contributed by atoms with Gasteiger partial charge in [-0.3, -0.25) is 15.1 Å². The van der Waals surface area contributed by atoms with E-state index in [-0.39, 0.29) is 11.7 Å². The number of nitro groups is 1. The molecule has 6 nitrogen and oxygen atoms in total. The summed E-state index contributed by atoms with van der Waals surface area (Å²) in [5.41, 5.74) is 0.959. The first kappa shape index (κ1) is 13.4. The van der Waals surface area contributed by atoms with Crippen molar-refractivity contribution in [1.29, 1.82) is 0 Å². The van der Waals surface area contributed by atoms with Crippen LogP contribution in [0.15, 0.2) is 41.3 Å². The molecule has 98 valence electrons. The number of halogens is 1. The number of nitrogens with one attached hydrogen (secondary N) is 1. The minimum atomic E-state index is -0.480. The molecule has 7 heteroatoms. The molecule has 0 aromatic carbocycles. The molecule has 0 bridgehead atoms. The summed E-state index contributed by atoms with van der Waals surface area (Å²) in [6.45, 7) is 1.96. The van der Waals surface area contributed by atoms with E-state index in [1.165, 1.54) is 12.3 Å². The van der Waals surface area contributed by atoms with Crippen molar-refractivity contribution in [1.82, 2.24) is 9.97 Å². The fourth-order valence-corrected chi connectivity index (χ4v) is 2.01. The topological polar surface area (TPSA) is 81.0 Å². The van der Waals surface area contributed by atoms with E-state index in [0.717, 1.165) is 5.56 Å². The molecule has 0 aliphatic heterocycles. The molecule has 1 atom stereocenters. The molecule has 0 saturated carbocycles. The quantitative estimate of drug-likeness (QED) is 0.689. The Morgan fingerprint density at radius 3 is 2.84 bits per heavy atom. The largest absolute Gasteiger partial charge is 0.363 e. The maximum absolute atomic E-state index is 10.6. The Morgan fingerprint density at radius 2 is 2.26 bits per heavy atom. The monoisotopic (exact) mass is 322 g/mol. The molecule has 0 radical (unpaired) electrons. The van der Waals surface area contributed by atoms with E-state index >= 15 is 0 Å². The van der Waals surface area contributed by atoms with Gasteiger partial charge >= 0.3 is 0 Å². The number of nitrogens with zero attached hydrogens (tertiary/aromatic N) is 3. The molecule has 0 aliphatic carbocycles. The molecule has 19 heavy (non-hydrogen) atoms. The summed E-state index contributed by atoms with van der Waals surface area (Å²) in [4.78, 5) is 18.2. The minimum absolute atomic E-state index is 0.000967. The first-order chi connectivity index (χ1) is 9.08. The molecule has 0 fully saturated rings. The Balaban J connectivity index is 2.18. The van der Waals surface area contributed by atoms with Crippen LogP contribution in [0.1, 0.15) is 18.5 Å². The third kappa shape index (κ3) is 3.25. The highest BCUT2D eigenvalue weighted by Crippen LogP contribution is 2.27. The van der Waals surface area contributed by atoms with Crippen LogP contribution >= 0.6 is 15.9 Å². The zero-order valence-electron chi connectivity index (χ0n) is 10.1. The maximum atomic E-state index is 10.6. The summed E-state index contributed by atoms with van der Waals surface area (Å²) in [6, 6.07) is 5.22. The Bertz CT molecular complexity index is 592. The summed E-state index contributed by atoms with van der Waals surface area (Å²) in [5, 5.41) is 13.8. The van der Waals surface area contributed by atoms with E-state index in [1.54, 1.807) is 12.4 Å². The van der Waals surface area contributed by atoms with Gasteiger partial charge in [0.05, 0.1) is 15.4 Å². The smallest absolute Gasteiger partial charge is 0.288 e. The first-order valence-corrected chi connectivity index (χ1v) is 6.33. The Hall–Kier alpha value is -2.02. The predicted octanol–water partition coefficient (Wildman–Crippen LogP) is 3.32. The number of pyridine rings is 2. The molecule has 0 spiro atoms. The van der Waals surface area contributed by atoms with Crippen LogP contribution in [0.3, 0.4) is 0 Å². The lowest BCUT2D eigenvalue weighted by Crippen LogP contribution is -2.08. The van der Waals surface area contributed by atoms with Crippen molar-refractivity contribution in [3.8, 4) is 0 Å². The zero-order valence-corrected chi connectivity index (χ0v) is 11.7. The van der Waals surface area contributed by atoms with Crippen molar-refractivity contribution in [3.63, 3.8) is 0 Å². The average Bonchev–Trinajstić information content (AvgIpc) is 2.41. The van der Waals surface area contributed by atoms with Crippen molar-refractivity contribution >= 4 is 27.4 Å². The second kappa shape index (κ2) is 5.75. The lowest BCUT2D eigenvalue weighted by molar-refractivity contribution is -0.385. The molecule has 1 N–H and O–H groups in total. The highest BCUT2D eigenvalue weighted by molar-refractivity contribution is 9.10. The number of anilines is 1. The van der Waals surface area contributed by atoms with Crippen molar-refractivity contribution in [3.05, 3.63) is 56.9 Å². The first-order valence-electron chi connectivity index (χ1n) is 5.54. The van der Waals surface area contributed by atoms with Crippen molar-refractivity contribution < 1.29 is 4.92 Å². The lowest BCUT2D eigenvalue weighted by atomic mass is 10.1. The van der Waals surface area contributed by atoms with Crippen LogP contribution in [0.25, 0.3) is 0 Å². The summed E-state index contributed by atoms with van der Waals surface area (Å²) >= 11 is 3.27. The van der Waals surface area contributed by atoms with E-state index in [9.17, 15) is 10.1 Å². The normalized spacial score (nSPS) is 11.9. The van der Waals surface area contributed by atoms with E-state index in [2.05, 4.69) is 31.2 Å². The molecule has 2 aromatic heterocycles. The van der Waals surface area contributed by atoms with Gasteiger partial charge in [-0.05, 0) is 34.5 Å². The van der Waals surface area contributed by atoms with Gasteiger partial charge in [0.25, 0.3) is 5.69 Å². The van der Waals surface area contributed by atoms with E-state index in [4.69, 9.17) is 0 Å². The third-order valence-electron chi connectivity index (χ3n) is 2.58. The predicted molar refractivity (Wildman–Crippen MR) is 74.9 cm³/mol. The van der Waals surface area contributed by atoms with Gasteiger partial charge in [-0.2, -0.15) is 0 Å². The summed E-state index contributed by atoms with van der Waals surface area (Å²) in [5.74, 6) is 0.557. The number of rotatable bonds is 4. The molecule has 0 amide bonds. The zero-order chi connectivity index (χ0) is 13.8. The molecule has 0 aliphatic rings. The van der Waals surface area contributed by atoms with Crippen molar-refractivity contribution in [2.45, 2.75) is 13.0 Å². The standard InChI is InChI=1S/C12H11BrN4O2/c1-8(9-3-2-4-14-6-9)16-12-11(13)5-10(7-15-12)17(18)19/h2-8H,1H3,(H,15,16)/t8-/m1/s1. The van der Waals surface area contributed by atoms with E-state index < -0.39 is 4.92 Å². The van der Waals surface area contributed by atoms with E-state index in [1.807, 2.05) is 19.1 Å². The number of hydrogen-bond donors (Lipinski definition) is 1. The van der Waals surface area contributed by atoms with Crippen LogP contribution in [0.2, 0.25) is 0 Å². The second-order valence-electron chi connectivity index (χ2n) is 3.93. The van der Waals surface area contributed by atoms with Crippen LogP contribution in [0.5, 0.6) is 0 Å². The molecular formula is C12H11BrN4O2. The highest BCUT2D eigenvalue weighted by atomic mass is 79.9. The van der Waals surface area contributed by atoms with Gasteiger partial charge in [0.1, 0.15) is 12.0 Å². The Labute approximate surface area is 118 Å². The maximum Gasteiger partial charge on any atom is 0.288 e. The van der Waals surface area contributed by atoms with E-state index in [0.29, 0.717) is 10.3 Å². The molecule has 0 saturated heterocycles. The molecular weight excluding hydrogens is 312 g/mol. The Kier molecular flexibility index (Phi) is 4.06. The fraction of sp³-hybridized carbons (Fsp3) is 0.167. The molecule has 0 unspecified atom stereocenters. The van der Waals surface area contributed by atoms with Gasteiger partial charge < -0.3 is 5.32 Å². The van der Waals surface area contributed by atoms with Gasteiger partial charge in [0.2, 0.25) is 0 Å². The molecule has 2 rings (SSSR count). The minimum Gasteiger partial charge on any atom is -0.363 e. The van der Waals surface area contributed by atoms with Crippen LogP contribution < -0.4 is 5.32 Å². The molecule has 2 aromatic rings. The van der Waals surface area contributed by atoms with Gasteiger partial charge in [0, 0.05) is 18.5 Å². The third-order valence-corrected chi connectivity index (χ3v) is 3.18. The SMILES string of the molecule is C[C@@H](Nc1ncc([N+](=O)[O-])cc1Br)c1cccnc1. The number of aromatic nitrogens is 2. The number of hydrogen-bond acceptors (Lipinski definition) is 5. The van der Waals surface area contributed by atoms with Crippen LogP contribution in [-0.2, 0) is 0 Å². The van der Waals surface area contributed by atoms with Gasteiger partial charge in [-0.15, -0.1) is 0 Å². The Morgan fingerprint density at radius 1 is 1.47 bits per heavy atom. The van der Waals surface area contributed by atoms with Crippen molar-refractivity contribution in [2.24, 2.45) is 0 Å². The van der Waals surface area contributed by atoms with Gasteiger partial charge in [0.15, 0.2) is 0 Å². The van der Waals surface area contributed by atoms with Gasteiger partial charge in [-0.1, -0.05) is 6.07 Å². The van der Waals surface area contributed by atoms with Crippen LogP contribution in [0, 0.1) is 10.1 Å². The summed E-state index contributed by atoms with van der Waals surface area (Å²) in [7, 11) is 0. The fourth-order valence-electron chi connectivity index (χ4n) is 1.55. The van der Waals surface area contributed by atoms with Crippen LogP contribution in [-0.4, -0.2) is 14.9 Å². The lowest BCUT2D eigenvalue weighted by Gasteiger charge is -2.15. The van der Waals surface area contributed by atoms with Crippen molar-refractivity contribution in [2.75, 3.05) is 5.32 Å². The summed E-state index contributed by atoms with van der Waals surface area (Å²) < 4.78 is 0.553. The molecule has 2 heterocycles. The van der Waals surface area contributed by atoms with Gasteiger partial charge in [-0.25, -0.2) is 4.98 Å². The van der Waals surface area contributed by atoms with Crippen LogP contribution in [0.4, 0.5) is 11.5 Å². The summed E-state index contributed by atoms with van der Waals surface area (Å²) in [6.07, 6.45) is 4.69. The average molecular weight is 323 g/mol. The second-order valence-corrected chi connectivity index (χ2v) is 4.79.